The topological polar surface area (TPSA) is 75.3 Å². The lowest BCUT2D eigenvalue weighted by atomic mass is 10.2. The molecule has 2 aromatic carbocycles. The number of fused-ring (bicyclic) bond motifs is 1. The first-order chi connectivity index (χ1) is 12.1. The molecule has 1 aliphatic heterocycles. The number of benzene rings is 2. The van der Waals surface area contributed by atoms with Gasteiger partial charge in [0, 0.05) is 6.54 Å². The van der Waals surface area contributed by atoms with E-state index in [4.69, 9.17) is 4.74 Å². The van der Waals surface area contributed by atoms with Crippen LogP contribution in [0.15, 0.2) is 53.4 Å². The second kappa shape index (κ2) is 6.16. The Balaban J connectivity index is 1.70. The average Bonchev–Trinajstić information content (AvgIpc) is 3.28. The molecule has 6 nitrogen and oxygen atoms in total. The summed E-state index contributed by atoms with van der Waals surface area (Å²) in [5.74, 6) is 1.34. The molecule has 0 aliphatic carbocycles. The molecule has 1 aliphatic rings. The molecule has 25 heavy (non-hydrogen) atoms. The van der Waals surface area contributed by atoms with Crippen molar-refractivity contribution in [3.8, 4) is 5.75 Å². The minimum absolute atomic E-state index is 0.264. The number of imidazole rings is 1. The van der Waals surface area contributed by atoms with E-state index in [-0.39, 0.29) is 10.9 Å². The van der Waals surface area contributed by atoms with Crippen molar-refractivity contribution in [2.24, 2.45) is 0 Å². The second-order valence-corrected chi connectivity index (χ2v) is 7.98. The van der Waals surface area contributed by atoms with Gasteiger partial charge in [-0.05, 0) is 49.2 Å². The molecule has 1 fully saturated rings. The molecule has 7 heteroatoms. The molecule has 3 aromatic rings. The van der Waals surface area contributed by atoms with Gasteiger partial charge in [0.25, 0.3) is 0 Å². The molecular weight excluding hydrogens is 338 g/mol. The van der Waals surface area contributed by atoms with Crippen LogP contribution < -0.4 is 4.74 Å². The fourth-order valence-corrected chi connectivity index (χ4v) is 4.98. The van der Waals surface area contributed by atoms with Gasteiger partial charge in [-0.3, -0.25) is 0 Å². The van der Waals surface area contributed by atoms with Crippen LogP contribution in [0.2, 0.25) is 0 Å². The van der Waals surface area contributed by atoms with Gasteiger partial charge in [-0.15, -0.1) is 0 Å². The van der Waals surface area contributed by atoms with Gasteiger partial charge >= 0.3 is 0 Å². The number of para-hydroxylation sites is 2. The largest absolute Gasteiger partial charge is 0.497 e. The number of nitrogens with one attached hydrogen (secondary N) is 1. The summed E-state index contributed by atoms with van der Waals surface area (Å²) < 4.78 is 32.8. The number of ether oxygens (including phenoxy) is 1. The van der Waals surface area contributed by atoms with Crippen LogP contribution in [0.25, 0.3) is 11.0 Å². The number of hydrogen-bond donors (Lipinski definition) is 1. The number of aromatic amines is 1. The Bertz CT molecular complexity index is 963. The van der Waals surface area contributed by atoms with E-state index in [1.165, 1.54) is 0 Å². The summed E-state index contributed by atoms with van der Waals surface area (Å²) in [6, 6.07) is 14.0. The summed E-state index contributed by atoms with van der Waals surface area (Å²) in [5, 5.41) is 0. The number of nitrogens with zero attached hydrogens (tertiary/aromatic N) is 2. The van der Waals surface area contributed by atoms with Crippen LogP contribution in [0.5, 0.6) is 5.75 Å². The summed E-state index contributed by atoms with van der Waals surface area (Å²) in [6.45, 7) is 0.496. The third-order valence-corrected chi connectivity index (χ3v) is 6.52. The molecule has 1 atom stereocenters. The molecular formula is C18H19N3O3S. The van der Waals surface area contributed by atoms with Crippen molar-refractivity contribution in [3.63, 3.8) is 0 Å². The van der Waals surface area contributed by atoms with Gasteiger partial charge in [0.1, 0.15) is 11.6 Å². The van der Waals surface area contributed by atoms with Crippen LogP contribution in [0.4, 0.5) is 0 Å². The normalized spacial score (nSPS) is 18.7. The fraction of sp³-hybridized carbons (Fsp3) is 0.278. The summed E-state index contributed by atoms with van der Waals surface area (Å²) in [5.41, 5.74) is 1.78. The highest BCUT2D eigenvalue weighted by molar-refractivity contribution is 7.89. The zero-order valence-corrected chi connectivity index (χ0v) is 14.7. The van der Waals surface area contributed by atoms with Crippen LogP contribution in [0, 0.1) is 0 Å². The van der Waals surface area contributed by atoms with Crippen molar-refractivity contribution in [2.75, 3.05) is 13.7 Å². The van der Waals surface area contributed by atoms with Crippen molar-refractivity contribution in [3.05, 3.63) is 54.4 Å². The van der Waals surface area contributed by atoms with E-state index in [1.54, 1.807) is 35.7 Å². The summed E-state index contributed by atoms with van der Waals surface area (Å²) in [6.07, 6.45) is 1.58. The molecule has 0 amide bonds. The number of methoxy groups -OCH3 is 1. The van der Waals surface area contributed by atoms with E-state index in [0.717, 1.165) is 23.9 Å². The van der Waals surface area contributed by atoms with E-state index < -0.39 is 10.0 Å². The molecule has 1 saturated heterocycles. The van der Waals surface area contributed by atoms with Crippen LogP contribution in [0.1, 0.15) is 24.7 Å². The highest BCUT2D eigenvalue weighted by Crippen LogP contribution is 2.36. The van der Waals surface area contributed by atoms with E-state index in [1.807, 2.05) is 24.3 Å². The smallest absolute Gasteiger partial charge is 0.243 e. The maximum atomic E-state index is 13.1. The molecule has 0 radical (unpaired) electrons. The lowest BCUT2D eigenvalue weighted by Gasteiger charge is -2.22. The number of aromatic nitrogens is 2. The Morgan fingerprint density at radius 2 is 1.92 bits per heavy atom. The average molecular weight is 357 g/mol. The Morgan fingerprint density at radius 3 is 2.64 bits per heavy atom. The highest BCUT2D eigenvalue weighted by Gasteiger charge is 2.37. The van der Waals surface area contributed by atoms with Crippen LogP contribution in [-0.4, -0.2) is 36.3 Å². The molecule has 2 heterocycles. The Labute approximate surface area is 146 Å². The predicted octanol–water partition coefficient (Wildman–Crippen LogP) is 3.10. The summed E-state index contributed by atoms with van der Waals surface area (Å²) >= 11 is 0. The third kappa shape index (κ3) is 2.79. The zero-order valence-electron chi connectivity index (χ0n) is 13.8. The highest BCUT2D eigenvalue weighted by atomic mass is 32.2. The molecule has 0 bridgehead atoms. The van der Waals surface area contributed by atoms with Gasteiger partial charge in [0.2, 0.25) is 10.0 Å². The van der Waals surface area contributed by atoms with E-state index in [0.29, 0.717) is 18.1 Å². The standard InChI is InChI=1S/C18H19N3O3S/c1-24-13-8-10-14(11-9-13)25(22,23)21-12-4-7-17(21)18-19-15-5-2-3-6-16(15)20-18/h2-3,5-6,8-11,17H,4,7,12H2,1H3,(H,19,20)/t17-/m0/s1. The van der Waals surface area contributed by atoms with Gasteiger partial charge in [-0.25, -0.2) is 13.4 Å². The first kappa shape index (κ1) is 16.1. The molecule has 1 N–H and O–H groups in total. The minimum Gasteiger partial charge on any atom is -0.497 e. The quantitative estimate of drug-likeness (QED) is 0.778. The van der Waals surface area contributed by atoms with Crippen molar-refractivity contribution < 1.29 is 13.2 Å². The molecule has 130 valence electrons. The lowest BCUT2D eigenvalue weighted by molar-refractivity contribution is 0.385. The number of H-pyrrole nitrogens is 1. The maximum absolute atomic E-state index is 13.1. The van der Waals surface area contributed by atoms with Crippen molar-refractivity contribution in [1.82, 2.24) is 14.3 Å². The maximum Gasteiger partial charge on any atom is 0.243 e. The van der Waals surface area contributed by atoms with E-state index in [2.05, 4.69) is 9.97 Å². The van der Waals surface area contributed by atoms with Gasteiger partial charge < -0.3 is 9.72 Å². The number of rotatable bonds is 4. The van der Waals surface area contributed by atoms with E-state index in [9.17, 15) is 8.42 Å². The minimum atomic E-state index is -3.58. The van der Waals surface area contributed by atoms with Gasteiger partial charge in [0.15, 0.2) is 0 Å². The van der Waals surface area contributed by atoms with Gasteiger partial charge in [-0.2, -0.15) is 4.31 Å². The first-order valence-corrected chi connectivity index (χ1v) is 9.64. The van der Waals surface area contributed by atoms with Crippen molar-refractivity contribution in [2.45, 2.75) is 23.8 Å². The number of sulfonamides is 1. The van der Waals surface area contributed by atoms with Gasteiger partial charge in [-0.1, -0.05) is 12.1 Å². The second-order valence-electron chi connectivity index (χ2n) is 6.09. The zero-order chi connectivity index (χ0) is 17.4. The third-order valence-electron chi connectivity index (χ3n) is 4.59. The SMILES string of the molecule is COc1ccc(S(=O)(=O)N2CCC[C@H]2c2nc3ccccc3[nH]2)cc1. The monoisotopic (exact) mass is 357 g/mol. The Kier molecular flexibility index (Phi) is 3.97. The van der Waals surface area contributed by atoms with Crippen LogP contribution in [-0.2, 0) is 10.0 Å². The Morgan fingerprint density at radius 1 is 1.16 bits per heavy atom. The molecule has 0 saturated carbocycles. The van der Waals surface area contributed by atoms with E-state index >= 15 is 0 Å². The van der Waals surface area contributed by atoms with Crippen molar-refractivity contribution >= 4 is 21.1 Å². The molecule has 4 rings (SSSR count). The van der Waals surface area contributed by atoms with Crippen LogP contribution in [0.3, 0.4) is 0 Å². The molecule has 0 unspecified atom stereocenters. The van der Waals surface area contributed by atoms with Crippen LogP contribution >= 0.6 is 0 Å². The summed E-state index contributed by atoms with van der Waals surface area (Å²) in [7, 11) is -2.02. The molecule has 0 spiro atoms. The predicted molar refractivity (Wildman–Crippen MR) is 95.0 cm³/mol. The first-order valence-electron chi connectivity index (χ1n) is 8.20. The lowest BCUT2D eigenvalue weighted by Crippen LogP contribution is -2.31. The Hall–Kier alpha value is -2.38. The molecule has 1 aromatic heterocycles. The summed E-state index contributed by atoms with van der Waals surface area (Å²) in [4.78, 5) is 8.14. The fourth-order valence-electron chi connectivity index (χ4n) is 3.31. The number of hydrogen-bond acceptors (Lipinski definition) is 4. The van der Waals surface area contributed by atoms with Crippen molar-refractivity contribution in [1.29, 1.82) is 0 Å². The van der Waals surface area contributed by atoms with Gasteiger partial charge in [0.05, 0.1) is 29.1 Å².